The van der Waals surface area contributed by atoms with E-state index in [9.17, 15) is 0 Å². The number of nitrogens with zero attached hydrogens (tertiary/aromatic N) is 4. The third kappa shape index (κ3) is 2.40. The third-order valence-corrected chi connectivity index (χ3v) is 3.22. The predicted octanol–water partition coefficient (Wildman–Crippen LogP) is 1.59. The number of thiazole rings is 1. The van der Waals surface area contributed by atoms with Gasteiger partial charge in [-0.25, -0.2) is 15.0 Å². The number of hydrogen-bond donors (Lipinski definition) is 1. The van der Waals surface area contributed by atoms with E-state index in [2.05, 4.69) is 15.0 Å². The lowest BCUT2D eigenvalue weighted by Crippen LogP contribution is -2.06. The minimum Gasteiger partial charge on any atom is -0.382 e. The molecular weight excluding hydrogens is 234 g/mol. The van der Waals surface area contributed by atoms with Crippen molar-refractivity contribution in [1.29, 1.82) is 5.26 Å². The Labute approximate surface area is 103 Å². The number of hydrogen-bond acceptors (Lipinski definition) is 6. The third-order valence-electron chi connectivity index (χ3n) is 2.25. The molecule has 0 aromatic carbocycles. The van der Waals surface area contributed by atoms with Crippen LogP contribution >= 0.6 is 11.3 Å². The average molecular weight is 245 g/mol. The normalized spacial score (nSPS) is 10.2. The molecule has 2 heterocycles. The number of aromatic nitrogens is 3. The van der Waals surface area contributed by atoms with Gasteiger partial charge < -0.3 is 5.73 Å². The van der Waals surface area contributed by atoms with E-state index in [1.54, 1.807) is 18.3 Å². The summed E-state index contributed by atoms with van der Waals surface area (Å²) in [5.41, 5.74) is 7.66. The molecule has 2 rings (SSSR count). The molecule has 0 aliphatic rings. The second kappa shape index (κ2) is 4.47. The van der Waals surface area contributed by atoms with Crippen molar-refractivity contribution in [2.75, 3.05) is 5.73 Å². The molecular formula is C11H11N5S. The van der Waals surface area contributed by atoms with Crippen molar-refractivity contribution in [3.05, 3.63) is 33.2 Å². The zero-order valence-corrected chi connectivity index (χ0v) is 10.4. The molecule has 0 fully saturated rings. The molecule has 2 aromatic heterocycles. The summed E-state index contributed by atoms with van der Waals surface area (Å²) < 4.78 is 0. The summed E-state index contributed by atoms with van der Waals surface area (Å²) in [4.78, 5) is 12.7. The molecule has 6 heteroatoms. The molecule has 17 heavy (non-hydrogen) atoms. The minimum atomic E-state index is 0.239. The number of nitrogens with two attached hydrogens (primary N) is 1. The Bertz CT molecular complexity index is 573. The maximum absolute atomic E-state index is 8.86. The highest BCUT2D eigenvalue weighted by atomic mass is 32.1. The maximum atomic E-state index is 8.86. The topological polar surface area (TPSA) is 88.5 Å². The fraction of sp³-hybridized carbons (Fsp3) is 0.273. The molecule has 0 amide bonds. The van der Waals surface area contributed by atoms with Crippen LogP contribution in [0.15, 0.2) is 5.38 Å². The van der Waals surface area contributed by atoms with Gasteiger partial charge in [-0.15, -0.1) is 11.3 Å². The van der Waals surface area contributed by atoms with Crippen molar-refractivity contribution >= 4 is 17.2 Å². The van der Waals surface area contributed by atoms with Crippen LogP contribution in [0.1, 0.15) is 27.8 Å². The van der Waals surface area contributed by atoms with E-state index in [-0.39, 0.29) is 5.82 Å². The second-order valence-corrected chi connectivity index (χ2v) is 4.60. The number of rotatable bonds is 2. The first kappa shape index (κ1) is 11.5. The number of anilines is 1. The van der Waals surface area contributed by atoms with Crippen molar-refractivity contribution in [2.24, 2.45) is 0 Å². The van der Waals surface area contributed by atoms with Crippen LogP contribution in [0.2, 0.25) is 0 Å². The average Bonchev–Trinajstić information content (AvgIpc) is 2.63. The summed E-state index contributed by atoms with van der Waals surface area (Å²) in [5.74, 6) is 0.844. The van der Waals surface area contributed by atoms with Gasteiger partial charge in [0, 0.05) is 11.1 Å². The van der Waals surface area contributed by atoms with E-state index in [4.69, 9.17) is 11.0 Å². The largest absolute Gasteiger partial charge is 0.382 e. The highest BCUT2D eigenvalue weighted by molar-refractivity contribution is 7.09. The van der Waals surface area contributed by atoms with Gasteiger partial charge in [0.1, 0.15) is 28.3 Å². The second-order valence-electron chi connectivity index (χ2n) is 3.66. The molecule has 0 aliphatic carbocycles. The van der Waals surface area contributed by atoms with Gasteiger partial charge in [-0.1, -0.05) is 0 Å². The van der Waals surface area contributed by atoms with Crippen molar-refractivity contribution in [3.63, 3.8) is 0 Å². The van der Waals surface area contributed by atoms with Gasteiger partial charge in [-0.3, -0.25) is 0 Å². The molecule has 2 N–H and O–H groups in total. The van der Waals surface area contributed by atoms with Gasteiger partial charge in [-0.05, 0) is 13.8 Å². The van der Waals surface area contributed by atoms with E-state index in [1.807, 2.05) is 18.4 Å². The van der Waals surface area contributed by atoms with Crippen molar-refractivity contribution < 1.29 is 0 Å². The van der Waals surface area contributed by atoms with E-state index < -0.39 is 0 Å². The first-order valence-corrected chi connectivity index (χ1v) is 5.92. The zero-order chi connectivity index (χ0) is 12.4. The van der Waals surface area contributed by atoms with Crippen LogP contribution < -0.4 is 5.73 Å². The van der Waals surface area contributed by atoms with E-state index in [1.165, 1.54) is 0 Å². The van der Waals surface area contributed by atoms with Gasteiger partial charge in [-0.2, -0.15) is 5.26 Å². The summed E-state index contributed by atoms with van der Waals surface area (Å²) in [5, 5.41) is 11.8. The van der Waals surface area contributed by atoms with Gasteiger partial charge in [0.2, 0.25) is 0 Å². The SMILES string of the molecule is Cc1csc(Cc2nc(C)c(C#N)c(N)n2)n1. The number of aryl methyl sites for hydroxylation is 2. The Morgan fingerprint density at radius 1 is 1.35 bits per heavy atom. The van der Waals surface area contributed by atoms with Crippen LogP contribution in [0.25, 0.3) is 0 Å². The molecule has 0 saturated carbocycles. The predicted molar refractivity (Wildman–Crippen MR) is 65.6 cm³/mol. The minimum absolute atomic E-state index is 0.239. The quantitative estimate of drug-likeness (QED) is 0.868. The van der Waals surface area contributed by atoms with Gasteiger partial charge in [0.05, 0.1) is 12.1 Å². The molecule has 0 saturated heterocycles. The molecule has 0 aliphatic heterocycles. The fourth-order valence-corrected chi connectivity index (χ4v) is 2.26. The Kier molecular flexibility index (Phi) is 3.02. The van der Waals surface area contributed by atoms with Crippen LogP contribution in [-0.4, -0.2) is 15.0 Å². The summed E-state index contributed by atoms with van der Waals surface area (Å²) >= 11 is 1.57. The molecule has 0 atom stereocenters. The number of nitriles is 1. The molecule has 2 aromatic rings. The standard InChI is InChI=1S/C11H11N5S/c1-6-5-17-10(14-6)3-9-15-7(2)8(4-12)11(13)16-9/h5H,3H2,1-2H3,(H2,13,15,16). The summed E-state index contributed by atoms with van der Waals surface area (Å²) in [6, 6.07) is 2.00. The fourth-order valence-electron chi connectivity index (χ4n) is 1.49. The van der Waals surface area contributed by atoms with Crippen LogP contribution in [0, 0.1) is 25.2 Å². The molecule has 0 spiro atoms. The first-order chi connectivity index (χ1) is 8.10. The van der Waals surface area contributed by atoms with Crippen molar-refractivity contribution in [3.8, 4) is 6.07 Å². The van der Waals surface area contributed by atoms with Crippen molar-refractivity contribution in [1.82, 2.24) is 15.0 Å². The first-order valence-electron chi connectivity index (χ1n) is 5.04. The Morgan fingerprint density at radius 3 is 2.65 bits per heavy atom. The molecule has 5 nitrogen and oxygen atoms in total. The van der Waals surface area contributed by atoms with Crippen LogP contribution in [0.5, 0.6) is 0 Å². The Hall–Kier alpha value is -2.00. The zero-order valence-electron chi connectivity index (χ0n) is 9.56. The van der Waals surface area contributed by atoms with E-state index in [0.29, 0.717) is 23.5 Å². The van der Waals surface area contributed by atoms with E-state index >= 15 is 0 Å². The van der Waals surface area contributed by atoms with Crippen LogP contribution in [0.4, 0.5) is 5.82 Å². The lowest BCUT2D eigenvalue weighted by atomic mass is 10.2. The molecule has 86 valence electrons. The Balaban J connectivity index is 2.32. The summed E-state index contributed by atoms with van der Waals surface area (Å²) in [7, 11) is 0. The summed E-state index contributed by atoms with van der Waals surface area (Å²) in [6.07, 6.45) is 0.551. The van der Waals surface area contributed by atoms with Crippen molar-refractivity contribution in [2.45, 2.75) is 20.3 Å². The van der Waals surface area contributed by atoms with Crippen LogP contribution in [0.3, 0.4) is 0 Å². The van der Waals surface area contributed by atoms with E-state index in [0.717, 1.165) is 10.7 Å². The monoisotopic (exact) mass is 245 g/mol. The molecule has 0 radical (unpaired) electrons. The van der Waals surface area contributed by atoms with Gasteiger partial charge >= 0.3 is 0 Å². The highest BCUT2D eigenvalue weighted by Gasteiger charge is 2.10. The summed E-state index contributed by atoms with van der Waals surface area (Å²) in [6.45, 7) is 3.70. The molecule has 0 unspecified atom stereocenters. The van der Waals surface area contributed by atoms with Gasteiger partial charge in [0.25, 0.3) is 0 Å². The molecule has 0 bridgehead atoms. The number of nitrogen functional groups attached to an aromatic ring is 1. The van der Waals surface area contributed by atoms with Crippen LogP contribution in [-0.2, 0) is 6.42 Å². The van der Waals surface area contributed by atoms with Gasteiger partial charge in [0.15, 0.2) is 0 Å². The highest BCUT2D eigenvalue weighted by Crippen LogP contribution is 2.16. The lowest BCUT2D eigenvalue weighted by Gasteiger charge is -2.03. The lowest BCUT2D eigenvalue weighted by molar-refractivity contribution is 0.931. The maximum Gasteiger partial charge on any atom is 0.145 e. The Morgan fingerprint density at radius 2 is 2.12 bits per heavy atom. The smallest absolute Gasteiger partial charge is 0.145 e.